The standard InChI is InChI=1S/C12H16N2O7S/c1-3-4-9(12(15)16)13-22(19,20)11-7-8(14(17)18)5-6-10(11)21-2/h5-7,9,13H,3-4H2,1-2H3,(H,15,16). The van der Waals surface area contributed by atoms with E-state index in [4.69, 9.17) is 9.84 Å². The first-order valence-electron chi connectivity index (χ1n) is 6.30. The molecule has 0 bridgehead atoms. The van der Waals surface area contributed by atoms with Gasteiger partial charge in [-0.1, -0.05) is 13.3 Å². The van der Waals surface area contributed by atoms with E-state index in [1.54, 1.807) is 6.92 Å². The first kappa shape index (κ1) is 17.9. The Kier molecular flexibility index (Phi) is 5.83. The van der Waals surface area contributed by atoms with Crippen molar-refractivity contribution in [1.82, 2.24) is 4.72 Å². The third-order valence-electron chi connectivity index (χ3n) is 2.82. The molecule has 9 nitrogen and oxygen atoms in total. The molecule has 0 fully saturated rings. The van der Waals surface area contributed by atoms with E-state index in [1.807, 2.05) is 4.72 Å². The van der Waals surface area contributed by atoms with Crippen molar-refractivity contribution >= 4 is 21.7 Å². The molecule has 0 spiro atoms. The van der Waals surface area contributed by atoms with Gasteiger partial charge in [0.2, 0.25) is 10.0 Å². The molecule has 0 amide bonds. The molecule has 2 N–H and O–H groups in total. The Balaban J connectivity index is 3.28. The van der Waals surface area contributed by atoms with Gasteiger partial charge >= 0.3 is 5.97 Å². The molecule has 0 aliphatic heterocycles. The molecule has 1 unspecified atom stereocenters. The maximum absolute atomic E-state index is 12.3. The van der Waals surface area contributed by atoms with Crippen molar-refractivity contribution in [2.45, 2.75) is 30.7 Å². The molecule has 22 heavy (non-hydrogen) atoms. The fourth-order valence-corrected chi connectivity index (χ4v) is 3.17. The topological polar surface area (TPSA) is 136 Å². The second-order valence-electron chi connectivity index (χ2n) is 4.39. The maximum Gasteiger partial charge on any atom is 0.321 e. The molecule has 0 aliphatic carbocycles. The molecule has 0 saturated heterocycles. The zero-order chi connectivity index (χ0) is 16.9. The minimum absolute atomic E-state index is 0.0891. The van der Waals surface area contributed by atoms with Crippen LogP contribution in [0.2, 0.25) is 0 Å². The fourth-order valence-electron chi connectivity index (χ4n) is 1.76. The molecule has 10 heteroatoms. The van der Waals surface area contributed by atoms with E-state index in [-0.39, 0.29) is 12.2 Å². The van der Waals surface area contributed by atoms with Gasteiger partial charge < -0.3 is 9.84 Å². The number of benzene rings is 1. The number of carbonyl (C=O) groups is 1. The second kappa shape index (κ2) is 7.18. The first-order chi connectivity index (χ1) is 10.2. The van der Waals surface area contributed by atoms with Gasteiger partial charge in [0, 0.05) is 12.1 Å². The van der Waals surface area contributed by atoms with Crippen LogP contribution in [0.15, 0.2) is 23.1 Å². The van der Waals surface area contributed by atoms with E-state index in [0.717, 1.165) is 18.2 Å². The number of hydrogen-bond donors (Lipinski definition) is 2. The fraction of sp³-hybridized carbons (Fsp3) is 0.417. The van der Waals surface area contributed by atoms with Crippen LogP contribution in [0.4, 0.5) is 5.69 Å². The van der Waals surface area contributed by atoms with E-state index in [1.165, 1.54) is 7.11 Å². The van der Waals surface area contributed by atoms with Crippen molar-refractivity contribution < 1.29 is 28.0 Å². The summed E-state index contributed by atoms with van der Waals surface area (Å²) in [6, 6.07) is 1.74. The Bertz CT molecular complexity index is 672. The summed E-state index contributed by atoms with van der Waals surface area (Å²) >= 11 is 0. The molecular formula is C12H16N2O7S. The summed E-state index contributed by atoms with van der Waals surface area (Å²) < 4.78 is 31.5. The predicted molar refractivity (Wildman–Crippen MR) is 76.3 cm³/mol. The number of nitrogens with zero attached hydrogens (tertiary/aromatic N) is 1. The molecule has 0 aliphatic rings. The number of nitro groups is 1. The maximum atomic E-state index is 12.3. The van der Waals surface area contributed by atoms with Gasteiger partial charge in [-0.3, -0.25) is 14.9 Å². The van der Waals surface area contributed by atoms with Crippen molar-refractivity contribution in [2.24, 2.45) is 0 Å². The van der Waals surface area contributed by atoms with E-state index in [0.29, 0.717) is 6.42 Å². The van der Waals surface area contributed by atoms with E-state index in [2.05, 4.69) is 0 Å². The number of hydrogen-bond acceptors (Lipinski definition) is 6. The minimum Gasteiger partial charge on any atom is -0.495 e. The monoisotopic (exact) mass is 332 g/mol. The van der Waals surface area contributed by atoms with Gasteiger partial charge in [-0.15, -0.1) is 0 Å². The summed E-state index contributed by atoms with van der Waals surface area (Å²) in [7, 11) is -3.08. The predicted octanol–water partition coefficient (Wildman–Crippen LogP) is 1.13. The van der Waals surface area contributed by atoms with Crippen LogP contribution < -0.4 is 9.46 Å². The van der Waals surface area contributed by atoms with Gasteiger partial charge in [0.25, 0.3) is 5.69 Å². The van der Waals surface area contributed by atoms with Crippen LogP contribution in [0.25, 0.3) is 0 Å². The smallest absolute Gasteiger partial charge is 0.321 e. The number of nitro benzene ring substituents is 1. The van der Waals surface area contributed by atoms with Gasteiger partial charge in [-0.25, -0.2) is 8.42 Å². The van der Waals surface area contributed by atoms with Crippen LogP contribution >= 0.6 is 0 Å². The summed E-state index contributed by atoms with van der Waals surface area (Å²) in [6.07, 6.45) is 0.539. The van der Waals surface area contributed by atoms with Crippen molar-refractivity contribution in [2.75, 3.05) is 7.11 Å². The van der Waals surface area contributed by atoms with Gasteiger partial charge in [0.05, 0.1) is 12.0 Å². The first-order valence-corrected chi connectivity index (χ1v) is 7.78. The molecule has 1 atom stereocenters. The molecule has 1 aromatic rings. The third-order valence-corrected chi connectivity index (χ3v) is 4.31. The summed E-state index contributed by atoms with van der Waals surface area (Å²) in [5.41, 5.74) is -0.441. The highest BCUT2D eigenvalue weighted by atomic mass is 32.2. The molecule has 0 radical (unpaired) electrons. The van der Waals surface area contributed by atoms with E-state index < -0.39 is 37.5 Å². The number of non-ortho nitro benzene ring substituents is 1. The Morgan fingerprint density at radius 3 is 2.59 bits per heavy atom. The van der Waals surface area contributed by atoms with Crippen molar-refractivity contribution in [3.8, 4) is 5.75 Å². The third kappa shape index (κ3) is 4.15. The Labute approximate surface area is 127 Å². The van der Waals surface area contributed by atoms with Gasteiger partial charge in [0.15, 0.2) is 0 Å². The normalized spacial score (nSPS) is 12.6. The number of sulfonamides is 1. The number of nitrogens with one attached hydrogen (secondary N) is 1. The lowest BCUT2D eigenvalue weighted by Crippen LogP contribution is -2.40. The van der Waals surface area contributed by atoms with Crippen LogP contribution in [-0.2, 0) is 14.8 Å². The number of aliphatic carboxylic acids is 1. The molecular weight excluding hydrogens is 316 g/mol. The molecule has 0 heterocycles. The highest BCUT2D eigenvalue weighted by molar-refractivity contribution is 7.89. The van der Waals surface area contributed by atoms with Gasteiger partial charge in [-0.2, -0.15) is 4.72 Å². The Morgan fingerprint density at radius 1 is 1.50 bits per heavy atom. The van der Waals surface area contributed by atoms with Crippen LogP contribution in [-0.4, -0.2) is 37.6 Å². The average molecular weight is 332 g/mol. The molecule has 0 saturated carbocycles. The van der Waals surface area contributed by atoms with Crippen LogP contribution in [0.5, 0.6) is 5.75 Å². The Hall–Kier alpha value is -2.20. The lowest BCUT2D eigenvalue weighted by atomic mass is 10.2. The molecule has 122 valence electrons. The van der Waals surface area contributed by atoms with Gasteiger partial charge in [-0.05, 0) is 12.5 Å². The van der Waals surface area contributed by atoms with Crippen LogP contribution in [0, 0.1) is 10.1 Å². The van der Waals surface area contributed by atoms with E-state index in [9.17, 15) is 23.3 Å². The van der Waals surface area contributed by atoms with Crippen molar-refractivity contribution in [3.05, 3.63) is 28.3 Å². The number of rotatable bonds is 8. The summed E-state index contributed by atoms with van der Waals surface area (Å²) in [4.78, 5) is 20.6. The molecule has 0 aromatic heterocycles. The number of carboxylic acid groups (broad SMARTS) is 1. The second-order valence-corrected chi connectivity index (χ2v) is 6.08. The SMILES string of the molecule is CCCC(NS(=O)(=O)c1cc([N+](=O)[O-])ccc1OC)C(=O)O. The summed E-state index contributed by atoms with van der Waals surface area (Å²) in [6.45, 7) is 1.71. The average Bonchev–Trinajstić information content (AvgIpc) is 2.45. The number of ether oxygens (including phenoxy) is 1. The Morgan fingerprint density at radius 2 is 2.14 bits per heavy atom. The van der Waals surface area contributed by atoms with Gasteiger partial charge in [0.1, 0.15) is 16.7 Å². The minimum atomic E-state index is -4.29. The van der Waals surface area contributed by atoms with Crippen LogP contribution in [0.3, 0.4) is 0 Å². The molecule has 1 rings (SSSR count). The summed E-state index contributed by atoms with van der Waals surface area (Å²) in [5, 5.41) is 19.8. The number of methoxy groups -OCH3 is 1. The summed E-state index contributed by atoms with van der Waals surface area (Å²) in [5.74, 6) is -1.44. The zero-order valence-electron chi connectivity index (χ0n) is 12.0. The van der Waals surface area contributed by atoms with Crippen molar-refractivity contribution in [1.29, 1.82) is 0 Å². The largest absolute Gasteiger partial charge is 0.495 e. The molecule has 1 aromatic carbocycles. The van der Waals surface area contributed by atoms with Crippen LogP contribution in [0.1, 0.15) is 19.8 Å². The van der Waals surface area contributed by atoms with E-state index >= 15 is 0 Å². The lowest BCUT2D eigenvalue weighted by molar-refractivity contribution is -0.385. The van der Waals surface area contributed by atoms with Crippen molar-refractivity contribution in [3.63, 3.8) is 0 Å². The highest BCUT2D eigenvalue weighted by Crippen LogP contribution is 2.28. The zero-order valence-corrected chi connectivity index (χ0v) is 12.8. The lowest BCUT2D eigenvalue weighted by Gasteiger charge is -2.15. The number of carboxylic acids is 1. The quantitative estimate of drug-likeness (QED) is 0.538. The highest BCUT2D eigenvalue weighted by Gasteiger charge is 2.28.